The number of amides is 1. The maximum absolute atomic E-state index is 12.3. The zero-order chi connectivity index (χ0) is 17.5. The van der Waals surface area contributed by atoms with Gasteiger partial charge < -0.3 is 20.2 Å². The van der Waals surface area contributed by atoms with E-state index < -0.39 is 5.97 Å². The maximum atomic E-state index is 12.3. The number of rotatable bonds is 5. The predicted octanol–water partition coefficient (Wildman–Crippen LogP) is 0.907. The molecule has 2 N–H and O–H groups in total. The largest absolute Gasteiger partial charge is 0.481 e. The van der Waals surface area contributed by atoms with Crippen LogP contribution in [-0.4, -0.2) is 60.0 Å². The number of carboxylic acids is 1. The van der Waals surface area contributed by atoms with Crippen LogP contribution in [0.15, 0.2) is 36.0 Å². The van der Waals surface area contributed by atoms with E-state index in [0.717, 1.165) is 13.1 Å². The Labute approximate surface area is 140 Å². The summed E-state index contributed by atoms with van der Waals surface area (Å²) in [6, 6.07) is 8.75. The predicted molar refractivity (Wildman–Crippen MR) is 89.2 cm³/mol. The monoisotopic (exact) mass is 328 g/mol. The van der Waals surface area contributed by atoms with E-state index >= 15 is 0 Å². The fourth-order valence-electron chi connectivity index (χ4n) is 2.37. The quantitative estimate of drug-likeness (QED) is 0.616. The van der Waals surface area contributed by atoms with Crippen LogP contribution in [0.4, 0.5) is 5.69 Å². The molecule has 0 saturated carbocycles. The molecule has 24 heavy (non-hydrogen) atoms. The van der Waals surface area contributed by atoms with Crippen molar-refractivity contribution in [3.05, 3.63) is 41.6 Å². The normalized spacial score (nSPS) is 15.7. The Balaban J connectivity index is 1.99. The lowest BCUT2D eigenvalue weighted by molar-refractivity contribution is -0.136. The second kappa shape index (κ2) is 8.13. The molecule has 1 saturated heterocycles. The Hall–Kier alpha value is -2.85. The lowest BCUT2D eigenvalue weighted by Crippen LogP contribution is -2.47. The summed E-state index contributed by atoms with van der Waals surface area (Å²) < 4.78 is 0. The number of piperazine rings is 1. The average Bonchev–Trinajstić information content (AvgIpc) is 2.57. The van der Waals surface area contributed by atoms with E-state index in [9.17, 15) is 14.9 Å². The van der Waals surface area contributed by atoms with Crippen molar-refractivity contribution in [1.82, 2.24) is 9.80 Å². The fourth-order valence-corrected chi connectivity index (χ4v) is 2.37. The van der Waals surface area contributed by atoms with Crippen LogP contribution in [0.5, 0.6) is 0 Å². The number of nitrogens with one attached hydrogen (secondary N) is 1. The first-order valence-corrected chi connectivity index (χ1v) is 7.65. The smallest absolute Gasteiger partial charge is 0.307 e. The molecule has 7 heteroatoms. The van der Waals surface area contributed by atoms with Crippen molar-refractivity contribution in [3.63, 3.8) is 0 Å². The van der Waals surface area contributed by atoms with E-state index in [1.165, 1.54) is 6.20 Å². The van der Waals surface area contributed by atoms with E-state index in [2.05, 4.69) is 10.2 Å². The zero-order valence-corrected chi connectivity index (χ0v) is 13.5. The third-order valence-corrected chi connectivity index (χ3v) is 3.83. The molecule has 1 aromatic rings. The molecular weight excluding hydrogens is 308 g/mol. The van der Waals surface area contributed by atoms with E-state index in [0.29, 0.717) is 24.3 Å². The molecule has 0 aliphatic carbocycles. The third-order valence-electron chi connectivity index (χ3n) is 3.83. The summed E-state index contributed by atoms with van der Waals surface area (Å²) in [6.45, 7) is 2.81. The highest BCUT2D eigenvalue weighted by atomic mass is 16.4. The van der Waals surface area contributed by atoms with Gasteiger partial charge in [-0.25, -0.2) is 0 Å². The first kappa shape index (κ1) is 17.5. The van der Waals surface area contributed by atoms with Crippen molar-refractivity contribution in [2.24, 2.45) is 0 Å². The zero-order valence-electron chi connectivity index (χ0n) is 13.5. The molecule has 0 radical (unpaired) electrons. The van der Waals surface area contributed by atoms with Gasteiger partial charge >= 0.3 is 5.97 Å². The molecular formula is C17H20N4O3. The Morgan fingerprint density at radius 1 is 1.25 bits per heavy atom. The van der Waals surface area contributed by atoms with E-state index in [4.69, 9.17) is 5.11 Å². The van der Waals surface area contributed by atoms with Gasteiger partial charge in [0.2, 0.25) is 0 Å². The molecule has 0 aromatic heterocycles. The van der Waals surface area contributed by atoms with Gasteiger partial charge in [-0.2, -0.15) is 5.26 Å². The molecule has 0 atom stereocenters. The summed E-state index contributed by atoms with van der Waals surface area (Å²) in [6.07, 6.45) is 1.36. The van der Waals surface area contributed by atoms with Gasteiger partial charge in [-0.3, -0.25) is 9.59 Å². The van der Waals surface area contributed by atoms with Gasteiger partial charge in [0.25, 0.3) is 5.91 Å². The number of hydrogen-bond donors (Lipinski definition) is 2. The maximum Gasteiger partial charge on any atom is 0.307 e. The van der Waals surface area contributed by atoms with Gasteiger partial charge in [0.05, 0.1) is 6.42 Å². The van der Waals surface area contributed by atoms with Crippen molar-refractivity contribution >= 4 is 17.6 Å². The first-order valence-electron chi connectivity index (χ1n) is 7.65. The highest BCUT2D eigenvalue weighted by Crippen LogP contribution is 2.12. The number of hydrogen-bond acceptors (Lipinski definition) is 5. The fraction of sp³-hybridized carbons (Fsp3) is 0.353. The second-order valence-corrected chi connectivity index (χ2v) is 5.68. The number of nitrogens with zero attached hydrogens (tertiary/aromatic N) is 3. The molecule has 1 aromatic carbocycles. The molecule has 1 aliphatic heterocycles. The van der Waals surface area contributed by atoms with Gasteiger partial charge in [-0.05, 0) is 24.7 Å². The van der Waals surface area contributed by atoms with Gasteiger partial charge in [-0.15, -0.1) is 0 Å². The summed E-state index contributed by atoms with van der Waals surface area (Å²) in [5, 5.41) is 20.9. The van der Waals surface area contributed by atoms with Crippen molar-refractivity contribution < 1.29 is 14.7 Å². The first-order chi connectivity index (χ1) is 11.5. The van der Waals surface area contributed by atoms with Crippen LogP contribution >= 0.6 is 0 Å². The second-order valence-electron chi connectivity index (χ2n) is 5.68. The number of nitriles is 1. The van der Waals surface area contributed by atoms with Crippen LogP contribution in [-0.2, 0) is 16.0 Å². The summed E-state index contributed by atoms with van der Waals surface area (Å²) in [5.74, 6) is -1.17. The number of anilines is 1. The van der Waals surface area contributed by atoms with E-state index in [1.807, 2.05) is 13.1 Å². The molecule has 0 spiro atoms. The van der Waals surface area contributed by atoms with Crippen LogP contribution in [0.2, 0.25) is 0 Å². The lowest BCUT2D eigenvalue weighted by Gasteiger charge is -2.32. The Morgan fingerprint density at radius 3 is 2.42 bits per heavy atom. The van der Waals surface area contributed by atoms with Crippen molar-refractivity contribution in [1.29, 1.82) is 5.26 Å². The molecule has 1 heterocycles. The molecule has 1 amide bonds. The Bertz CT molecular complexity index is 668. The summed E-state index contributed by atoms with van der Waals surface area (Å²) in [4.78, 5) is 26.8. The van der Waals surface area contributed by atoms with E-state index in [1.54, 1.807) is 29.2 Å². The van der Waals surface area contributed by atoms with Gasteiger partial charge in [0, 0.05) is 38.1 Å². The summed E-state index contributed by atoms with van der Waals surface area (Å²) >= 11 is 0. The standard InChI is InChI=1S/C17H20N4O3/c1-20-6-8-21(9-7-20)17(24)14(11-18)12-19-15-4-2-13(3-5-15)10-16(22)23/h2-5,12,19H,6-10H2,1H3,(H,22,23)/b14-12-. The molecule has 126 valence electrons. The van der Waals surface area contributed by atoms with Crippen LogP contribution in [0.1, 0.15) is 5.56 Å². The van der Waals surface area contributed by atoms with Crippen molar-refractivity contribution in [3.8, 4) is 6.07 Å². The minimum Gasteiger partial charge on any atom is -0.481 e. The van der Waals surface area contributed by atoms with Crippen molar-refractivity contribution in [2.75, 3.05) is 38.5 Å². The minimum atomic E-state index is -0.889. The molecule has 7 nitrogen and oxygen atoms in total. The SMILES string of the molecule is CN1CCN(C(=O)/C(C#N)=C\Nc2ccc(CC(=O)O)cc2)CC1. The molecule has 1 fully saturated rings. The number of carbonyl (C=O) groups excluding carboxylic acids is 1. The van der Waals surface area contributed by atoms with Crippen LogP contribution in [0.25, 0.3) is 0 Å². The summed E-state index contributed by atoms with van der Waals surface area (Å²) in [5.41, 5.74) is 1.42. The number of carbonyl (C=O) groups is 2. The Kier molecular flexibility index (Phi) is 5.93. The van der Waals surface area contributed by atoms with Gasteiger partial charge in [0.1, 0.15) is 11.6 Å². The molecule has 2 rings (SSSR count). The highest BCUT2D eigenvalue weighted by molar-refractivity contribution is 5.97. The average molecular weight is 328 g/mol. The van der Waals surface area contributed by atoms with Gasteiger partial charge in [-0.1, -0.05) is 12.1 Å². The lowest BCUT2D eigenvalue weighted by atomic mass is 10.1. The molecule has 0 unspecified atom stereocenters. The third kappa shape index (κ3) is 4.83. The molecule has 0 bridgehead atoms. The van der Waals surface area contributed by atoms with Crippen molar-refractivity contribution in [2.45, 2.75) is 6.42 Å². The van der Waals surface area contributed by atoms with E-state index in [-0.39, 0.29) is 17.9 Å². The van der Waals surface area contributed by atoms with Crippen LogP contribution < -0.4 is 5.32 Å². The number of benzene rings is 1. The minimum absolute atomic E-state index is 0.0402. The van der Waals surface area contributed by atoms with Crippen LogP contribution in [0, 0.1) is 11.3 Å². The van der Waals surface area contributed by atoms with Gasteiger partial charge in [0.15, 0.2) is 0 Å². The topological polar surface area (TPSA) is 96.7 Å². The number of carboxylic acid groups (broad SMARTS) is 1. The number of aliphatic carboxylic acids is 1. The molecule has 1 aliphatic rings. The van der Waals surface area contributed by atoms with Crippen LogP contribution in [0.3, 0.4) is 0 Å². The highest BCUT2D eigenvalue weighted by Gasteiger charge is 2.22. The number of likely N-dealkylation sites (N-methyl/N-ethyl adjacent to an activating group) is 1. The Morgan fingerprint density at radius 2 is 1.88 bits per heavy atom. The summed E-state index contributed by atoms with van der Waals surface area (Å²) in [7, 11) is 2.00.